The number of carboxylic acids is 3. The van der Waals surface area contributed by atoms with Gasteiger partial charge in [0.15, 0.2) is 0 Å². The smallest absolute Gasteiger partial charge is 0.303 e. The number of unbranched alkanes of at least 4 members (excludes halogenated alkanes) is 33. The van der Waals surface area contributed by atoms with Crippen LogP contribution in [0.25, 0.3) is 0 Å². The molecule has 61 heavy (non-hydrogen) atoms. The fourth-order valence-corrected chi connectivity index (χ4v) is 7.04. The Labute approximate surface area is 389 Å². The summed E-state index contributed by atoms with van der Waals surface area (Å²) in [6.45, 7) is 6.78. The van der Waals surface area contributed by atoms with Gasteiger partial charge < -0.3 is 15.3 Å². The van der Waals surface area contributed by atoms with Gasteiger partial charge in [0.25, 0.3) is 0 Å². The van der Waals surface area contributed by atoms with Crippen LogP contribution < -0.4 is 0 Å². The summed E-state index contributed by atoms with van der Waals surface area (Å²) in [4.78, 5) is 31.0. The number of aliphatic carboxylic acids is 3. The van der Waals surface area contributed by atoms with Gasteiger partial charge in [0.2, 0.25) is 0 Å². The molecule has 0 rings (SSSR count). The Hall–Kier alpha value is -1.85. The summed E-state index contributed by atoms with van der Waals surface area (Å²) in [5.74, 6) is -1.99. The van der Waals surface area contributed by atoms with E-state index in [0.29, 0.717) is 19.3 Å². The van der Waals surface area contributed by atoms with Crippen molar-refractivity contribution in [2.24, 2.45) is 0 Å². The Morgan fingerprint density at radius 1 is 0.262 bits per heavy atom. The Morgan fingerprint density at radius 3 is 0.574 bits per heavy atom. The average molecular weight is 903 g/mol. The van der Waals surface area contributed by atoms with E-state index < -0.39 is 17.9 Å². The Kier molecular flexibility index (Phi) is 67.3. The minimum atomic E-state index is -0.664. The van der Waals surface area contributed by atoms with Crippen molar-refractivity contribution in [1.29, 1.82) is 0 Å². The van der Waals surface area contributed by atoms with Gasteiger partial charge in [0.1, 0.15) is 0 Å². The van der Waals surface area contributed by atoms with E-state index in [9.17, 15) is 14.4 Å². The van der Waals surface area contributed by atoms with E-state index in [1.807, 2.05) is 0 Å². The zero-order valence-electron chi connectivity index (χ0n) is 40.6. The van der Waals surface area contributed by atoms with Crippen molar-refractivity contribution >= 4 is 17.9 Å². The molecule has 0 heterocycles. The Morgan fingerprint density at radius 2 is 0.410 bits per heavy atom. The van der Waals surface area contributed by atoms with E-state index in [-0.39, 0.29) is 17.1 Å². The van der Waals surface area contributed by atoms with Gasteiger partial charge in [-0.15, -0.1) is 0 Å². The fraction of sp³-hybridized carbons (Fsp3) is 0.833. The van der Waals surface area contributed by atoms with Gasteiger partial charge >= 0.3 is 17.9 Å². The third-order valence-electron chi connectivity index (χ3n) is 11.0. The molecule has 0 aliphatic rings. The minimum absolute atomic E-state index is 0. The molecule has 3 N–H and O–H groups in total. The first kappa shape index (κ1) is 65.8. The van der Waals surface area contributed by atoms with Gasteiger partial charge in [-0.1, -0.05) is 211 Å². The van der Waals surface area contributed by atoms with Gasteiger partial charge in [-0.2, -0.15) is 0 Å². The Bertz CT molecular complexity index is 827. The molecule has 7 heteroatoms. The number of carbonyl (C=O) groups is 3. The Balaban J connectivity index is -0.000000396. The molecule has 0 saturated carbocycles. The number of hydrogen-bond acceptors (Lipinski definition) is 3. The van der Waals surface area contributed by atoms with Crippen LogP contribution in [0.4, 0.5) is 0 Å². The third kappa shape index (κ3) is 75.9. The molecule has 0 aromatic rings. The van der Waals surface area contributed by atoms with Crippen molar-refractivity contribution in [2.45, 2.75) is 290 Å². The molecule has 0 radical (unpaired) electrons. The maximum atomic E-state index is 10.3. The second kappa shape index (κ2) is 62.4. The predicted molar refractivity (Wildman–Crippen MR) is 261 cm³/mol. The summed E-state index contributed by atoms with van der Waals surface area (Å²) in [6, 6.07) is 0. The zero-order chi connectivity index (χ0) is 44.7. The number of carboxylic acid groups (broad SMARTS) is 3. The summed E-state index contributed by atoms with van der Waals surface area (Å²) in [7, 11) is 0. The van der Waals surface area contributed by atoms with Crippen molar-refractivity contribution in [1.82, 2.24) is 0 Å². The van der Waals surface area contributed by atoms with Crippen LogP contribution in [0.3, 0.4) is 0 Å². The van der Waals surface area contributed by atoms with E-state index >= 15 is 0 Å². The molecule has 0 aromatic heterocycles. The zero-order valence-corrected chi connectivity index (χ0v) is 41.7. The summed E-state index contributed by atoms with van der Waals surface area (Å²) in [6.07, 6.45) is 63.7. The van der Waals surface area contributed by atoms with E-state index in [1.165, 1.54) is 212 Å². The van der Waals surface area contributed by atoms with E-state index in [4.69, 9.17) is 15.3 Å². The SMILES string of the molecule is CCCCCCCC/C=C\CCCCCCCC(=O)O.CCCCCCCC/C=C\CCCCCCCC(=O)O.CCCCCCCC/C=C\CCCCCCCC(=O)O.[Fe]. The second-order valence-electron chi connectivity index (χ2n) is 17.2. The molecule has 0 saturated heterocycles. The number of allylic oxidation sites excluding steroid dienone is 6. The van der Waals surface area contributed by atoms with Crippen LogP contribution in [0, 0.1) is 0 Å². The molecule has 0 fully saturated rings. The molecule has 0 aliphatic heterocycles. The van der Waals surface area contributed by atoms with Gasteiger partial charge in [-0.3, -0.25) is 14.4 Å². The molecular formula is C54H102FeO6. The van der Waals surface area contributed by atoms with Crippen molar-refractivity contribution in [2.75, 3.05) is 0 Å². The van der Waals surface area contributed by atoms with Crippen LogP contribution in [0.15, 0.2) is 36.5 Å². The molecule has 0 aliphatic carbocycles. The van der Waals surface area contributed by atoms with Crippen LogP contribution >= 0.6 is 0 Å². The van der Waals surface area contributed by atoms with Gasteiger partial charge in [0.05, 0.1) is 0 Å². The predicted octanol–water partition coefficient (Wildman–Crippen LogP) is 18.3. The van der Waals surface area contributed by atoms with Crippen molar-refractivity contribution < 1.29 is 46.8 Å². The normalized spacial score (nSPS) is 11.1. The molecule has 0 spiro atoms. The second-order valence-corrected chi connectivity index (χ2v) is 17.2. The first-order chi connectivity index (χ1) is 29.3. The van der Waals surface area contributed by atoms with Gasteiger partial charge in [-0.05, 0) is 96.3 Å². The maximum absolute atomic E-state index is 10.3. The number of rotatable bonds is 45. The summed E-state index contributed by atoms with van der Waals surface area (Å²) < 4.78 is 0. The van der Waals surface area contributed by atoms with Crippen molar-refractivity contribution in [3.8, 4) is 0 Å². The monoisotopic (exact) mass is 903 g/mol. The summed E-state index contributed by atoms with van der Waals surface area (Å²) >= 11 is 0. The molecule has 6 nitrogen and oxygen atoms in total. The maximum Gasteiger partial charge on any atom is 0.303 e. The molecule has 0 aromatic carbocycles. The van der Waals surface area contributed by atoms with Crippen LogP contribution in [0.5, 0.6) is 0 Å². The molecule has 0 atom stereocenters. The molecular weight excluding hydrogens is 800 g/mol. The third-order valence-corrected chi connectivity index (χ3v) is 11.0. The van der Waals surface area contributed by atoms with Crippen LogP contribution in [-0.4, -0.2) is 33.2 Å². The van der Waals surface area contributed by atoms with Crippen LogP contribution in [-0.2, 0) is 31.5 Å². The van der Waals surface area contributed by atoms with E-state index in [1.54, 1.807) is 0 Å². The topological polar surface area (TPSA) is 112 Å². The molecule has 0 amide bonds. The van der Waals surface area contributed by atoms with E-state index in [2.05, 4.69) is 57.2 Å². The van der Waals surface area contributed by atoms with Crippen molar-refractivity contribution in [3.05, 3.63) is 36.5 Å². The van der Waals surface area contributed by atoms with Gasteiger partial charge in [0, 0.05) is 36.3 Å². The first-order valence-electron chi connectivity index (χ1n) is 25.9. The summed E-state index contributed by atoms with van der Waals surface area (Å²) in [5, 5.41) is 25.5. The average Bonchev–Trinajstić information content (AvgIpc) is 3.22. The summed E-state index contributed by atoms with van der Waals surface area (Å²) in [5.41, 5.74) is 0. The molecule has 0 unspecified atom stereocenters. The molecule has 362 valence electrons. The van der Waals surface area contributed by atoms with E-state index in [0.717, 1.165) is 38.5 Å². The quantitative estimate of drug-likeness (QED) is 0.0319. The molecule has 0 bridgehead atoms. The van der Waals surface area contributed by atoms with Crippen LogP contribution in [0.1, 0.15) is 290 Å². The van der Waals surface area contributed by atoms with Gasteiger partial charge in [-0.25, -0.2) is 0 Å². The minimum Gasteiger partial charge on any atom is -0.481 e. The first-order valence-corrected chi connectivity index (χ1v) is 25.9. The van der Waals surface area contributed by atoms with Crippen LogP contribution in [0.2, 0.25) is 0 Å². The number of hydrogen-bond donors (Lipinski definition) is 3. The standard InChI is InChI=1S/3C18H34O2.Fe/c3*1-2-3-4-5-6-7-8-9-10-11-12-13-14-15-16-17-18(19)20;/h3*9-10H,2-8,11-17H2,1H3,(H,19,20);/b3*10-9-;. The fourth-order valence-electron chi connectivity index (χ4n) is 7.04. The van der Waals surface area contributed by atoms with Crippen molar-refractivity contribution in [3.63, 3.8) is 0 Å². The largest absolute Gasteiger partial charge is 0.481 e.